The highest BCUT2D eigenvalue weighted by molar-refractivity contribution is 7.91. The van der Waals surface area contributed by atoms with E-state index in [1.54, 1.807) is 6.07 Å². The number of fused-ring (bicyclic) bond motifs is 2. The lowest BCUT2D eigenvalue weighted by atomic mass is 10.1. The third-order valence-electron chi connectivity index (χ3n) is 4.35. The summed E-state index contributed by atoms with van der Waals surface area (Å²) in [5.41, 5.74) is 5.00. The highest BCUT2D eigenvalue weighted by Gasteiger charge is 2.25. The number of rotatable bonds is 1. The molecule has 1 unspecified atom stereocenters. The van der Waals surface area contributed by atoms with Crippen LogP contribution in [0.1, 0.15) is 22.3 Å². The van der Waals surface area contributed by atoms with Gasteiger partial charge in [-0.05, 0) is 44.0 Å². The maximum atomic E-state index is 11.6. The van der Waals surface area contributed by atoms with Gasteiger partial charge in [0, 0.05) is 10.5 Å². The zero-order chi connectivity index (χ0) is 18.9. The maximum absolute atomic E-state index is 11.6. The number of hydrogen-bond acceptors (Lipinski definition) is 5. The molecule has 0 aromatic heterocycles. The normalized spacial score (nSPS) is 20.9. The van der Waals surface area contributed by atoms with Gasteiger partial charge in [0.15, 0.2) is 9.84 Å². The van der Waals surface area contributed by atoms with Crippen molar-refractivity contribution in [2.75, 3.05) is 18.6 Å². The van der Waals surface area contributed by atoms with Crippen LogP contribution in [0.15, 0.2) is 51.3 Å². The molecule has 2 aliphatic heterocycles. The molecule has 5 nitrogen and oxygen atoms in total. The van der Waals surface area contributed by atoms with Gasteiger partial charge in [0.2, 0.25) is 0 Å². The quantitative estimate of drug-likeness (QED) is 0.701. The number of hydrogen-bond donors (Lipinski definition) is 0. The predicted molar refractivity (Wildman–Crippen MR) is 103 cm³/mol. The van der Waals surface area contributed by atoms with Crippen LogP contribution in [0.25, 0.3) is 0 Å². The molecule has 0 amide bonds. The van der Waals surface area contributed by atoms with Crippen LogP contribution in [0.3, 0.4) is 0 Å². The van der Waals surface area contributed by atoms with Crippen molar-refractivity contribution < 1.29 is 17.5 Å². The van der Waals surface area contributed by atoms with Gasteiger partial charge in [-0.2, -0.15) is 0 Å². The van der Waals surface area contributed by atoms with Crippen LogP contribution in [0, 0.1) is 13.8 Å². The molecule has 2 heterocycles. The van der Waals surface area contributed by atoms with E-state index in [9.17, 15) is 12.6 Å². The zero-order valence-electron chi connectivity index (χ0n) is 15.0. The largest absolute Gasteiger partial charge is 0.399 e. The zero-order valence-corrected chi connectivity index (χ0v) is 16.6. The molecule has 0 radical (unpaired) electrons. The fourth-order valence-electron chi connectivity index (χ4n) is 3.09. The summed E-state index contributed by atoms with van der Waals surface area (Å²) in [6.45, 7) is 3.98. The number of sulfone groups is 1. The summed E-state index contributed by atoms with van der Waals surface area (Å²) in [4.78, 5) is 6.13. The first kappa shape index (κ1) is 18.8. The molecule has 0 N–H and O–H groups in total. The van der Waals surface area contributed by atoms with Gasteiger partial charge in [0.25, 0.3) is 0 Å². The van der Waals surface area contributed by atoms with Gasteiger partial charge < -0.3 is 4.84 Å². The second kappa shape index (κ2) is 7.32. The number of benzene rings is 2. The number of oxime groups is 1. The Kier molecular flexibility index (Phi) is 5.29. The first-order valence-corrected chi connectivity index (χ1v) is 11.2. The van der Waals surface area contributed by atoms with E-state index in [-0.39, 0.29) is 5.75 Å². The summed E-state index contributed by atoms with van der Waals surface area (Å²) in [7, 11) is -2.37. The van der Waals surface area contributed by atoms with Crippen LogP contribution >= 0.6 is 0 Å². The molecular weight excluding hydrogens is 370 g/mol. The summed E-state index contributed by atoms with van der Waals surface area (Å²) in [5.74, 6) is 0.748. The summed E-state index contributed by atoms with van der Waals surface area (Å²) < 4.78 is 34.4. The molecule has 4 rings (SSSR count). The Hall–Kier alpha value is -1.99. The van der Waals surface area contributed by atoms with Crippen molar-refractivity contribution >= 4 is 26.3 Å². The first-order chi connectivity index (χ1) is 12.3. The van der Waals surface area contributed by atoms with Gasteiger partial charge in [-0.3, -0.25) is 4.21 Å². The Labute approximate surface area is 156 Å². The molecule has 0 fully saturated rings. The Balaban J connectivity index is 0.000000152. The molecule has 0 saturated carbocycles. The van der Waals surface area contributed by atoms with Crippen LogP contribution < -0.4 is 0 Å². The third-order valence-corrected chi connectivity index (χ3v) is 7.54. The fraction of sp³-hybridized carbons (Fsp3) is 0.316. The minimum atomic E-state index is -2.92. The topological polar surface area (TPSA) is 72.8 Å². The monoisotopic (exact) mass is 391 g/mol. The van der Waals surface area contributed by atoms with Gasteiger partial charge >= 0.3 is 0 Å². The number of aryl methyl sites for hydroxylation is 3. The molecule has 2 aliphatic rings. The molecule has 1 atom stereocenters. The minimum absolute atomic E-state index is 0.284. The fourth-order valence-corrected chi connectivity index (χ4v) is 5.89. The van der Waals surface area contributed by atoms with Crippen LogP contribution in [-0.4, -0.2) is 37.0 Å². The summed E-state index contributed by atoms with van der Waals surface area (Å²) in [6.07, 6.45) is 0.680. The number of nitrogens with zero attached hydrogens (tertiary/aromatic N) is 1. The van der Waals surface area contributed by atoms with Crippen LogP contribution in [0.5, 0.6) is 0 Å². The average molecular weight is 392 g/mol. The Morgan fingerprint density at radius 2 is 1.77 bits per heavy atom. The van der Waals surface area contributed by atoms with Crippen molar-refractivity contribution in [2.45, 2.75) is 30.1 Å². The molecule has 26 heavy (non-hydrogen) atoms. The van der Waals surface area contributed by atoms with E-state index in [0.717, 1.165) is 32.9 Å². The van der Waals surface area contributed by atoms with E-state index in [4.69, 9.17) is 4.84 Å². The summed E-state index contributed by atoms with van der Waals surface area (Å²) >= 11 is 0. The third kappa shape index (κ3) is 3.73. The highest BCUT2D eigenvalue weighted by atomic mass is 32.2. The van der Waals surface area contributed by atoms with E-state index in [1.807, 2.05) is 44.2 Å². The standard InChI is InChI=1S/C10H11NO2S.C9H10O2S/c1-7-3-4-10-8(5-7)9(11-13-2)6-14(10)12;1-7-2-3-9-8(6-7)4-5-12(9,10)11/h3-5H,6H2,1-2H3;2-3,6H,4-5H2,1H3/b11-9-;. The molecule has 0 saturated heterocycles. The van der Waals surface area contributed by atoms with Crippen LogP contribution in [-0.2, 0) is 31.9 Å². The van der Waals surface area contributed by atoms with Crippen LogP contribution in [0.4, 0.5) is 0 Å². The van der Waals surface area contributed by atoms with E-state index < -0.39 is 20.6 Å². The van der Waals surface area contributed by atoms with Gasteiger partial charge in [0.05, 0.1) is 27.2 Å². The average Bonchev–Trinajstić information content (AvgIpc) is 3.05. The smallest absolute Gasteiger partial charge is 0.178 e. The lowest BCUT2D eigenvalue weighted by Gasteiger charge is -1.99. The van der Waals surface area contributed by atoms with Gasteiger partial charge in [-0.1, -0.05) is 34.5 Å². The molecule has 0 aliphatic carbocycles. The van der Waals surface area contributed by atoms with E-state index in [2.05, 4.69) is 5.16 Å². The van der Waals surface area contributed by atoms with Crippen molar-refractivity contribution in [1.29, 1.82) is 0 Å². The maximum Gasteiger partial charge on any atom is 0.178 e. The Bertz CT molecular complexity index is 1010. The predicted octanol–water partition coefficient (Wildman–Crippen LogP) is 2.79. The second-order valence-corrected chi connectivity index (χ2v) is 9.89. The molecular formula is C19H21NO4S2. The molecule has 0 bridgehead atoms. The van der Waals surface area contributed by atoms with E-state index in [1.165, 1.54) is 7.11 Å². The molecule has 138 valence electrons. The van der Waals surface area contributed by atoms with Crippen molar-refractivity contribution in [3.63, 3.8) is 0 Å². The Morgan fingerprint density at radius 3 is 2.50 bits per heavy atom. The second-order valence-electron chi connectivity index (χ2n) is 6.39. The minimum Gasteiger partial charge on any atom is -0.399 e. The van der Waals surface area contributed by atoms with Crippen molar-refractivity contribution in [1.82, 2.24) is 0 Å². The molecule has 2 aromatic carbocycles. The lowest BCUT2D eigenvalue weighted by molar-refractivity contribution is 0.213. The molecule has 2 aromatic rings. The van der Waals surface area contributed by atoms with E-state index >= 15 is 0 Å². The van der Waals surface area contributed by atoms with E-state index in [0.29, 0.717) is 17.1 Å². The molecule has 7 heteroatoms. The van der Waals surface area contributed by atoms with Crippen LogP contribution in [0.2, 0.25) is 0 Å². The van der Waals surface area contributed by atoms with Gasteiger partial charge in [-0.25, -0.2) is 8.42 Å². The van der Waals surface area contributed by atoms with Crippen molar-refractivity contribution in [3.05, 3.63) is 58.7 Å². The molecule has 0 spiro atoms. The highest BCUT2D eigenvalue weighted by Crippen LogP contribution is 2.26. The summed E-state index contributed by atoms with van der Waals surface area (Å²) in [6, 6.07) is 11.4. The van der Waals surface area contributed by atoms with Crippen molar-refractivity contribution in [3.8, 4) is 0 Å². The lowest BCUT2D eigenvalue weighted by Crippen LogP contribution is -2.01. The first-order valence-electron chi connectivity index (χ1n) is 8.23. The summed E-state index contributed by atoms with van der Waals surface area (Å²) in [5, 5.41) is 3.88. The SMILES string of the molecule is CO/N=C1/CS(=O)c2ccc(C)cc21.Cc1ccc2c(c1)CCS2(=O)=O. The van der Waals surface area contributed by atoms with Gasteiger partial charge in [-0.15, -0.1) is 0 Å². The van der Waals surface area contributed by atoms with Crippen molar-refractivity contribution in [2.24, 2.45) is 5.16 Å². The van der Waals surface area contributed by atoms with Gasteiger partial charge in [0.1, 0.15) is 12.8 Å². The Morgan fingerprint density at radius 1 is 1.08 bits per heavy atom.